The quantitative estimate of drug-likeness (QED) is 0.470. The van der Waals surface area contributed by atoms with Crippen molar-refractivity contribution < 1.29 is 31.0 Å². The van der Waals surface area contributed by atoms with Crippen molar-refractivity contribution in [3.63, 3.8) is 0 Å². The Kier molecular flexibility index (Phi) is 6.69. The minimum Gasteiger partial charge on any atom is -0.497 e. The lowest BCUT2D eigenvalue weighted by Crippen LogP contribution is -2.16. The molecule has 2 N–H and O–H groups in total. The lowest BCUT2D eigenvalue weighted by molar-refractivity contribution is 0.392. The number of rotatable bonds is 9. The van der Waals surface area contributed by atoms with Crippen LogP contribution in [0.15, 0.2) is 64.6 Å². The second-order valence-corrected chi connectivity index (χ2v) is 9.53. The second-order valence-electron chi connectivity index (χ2n) is 6.20. The summed E-state index contributed by atoms with van der Waals surface area (Å²) in [5, 5.41) is 0. The van der Waals surface area contributed by atoms with Crippen LogP contribution in [0.2, 0.25) is 0 Å². The molecule has 3 aromatic rings. The fraction of sp³-hybridized carbons (Fsp3) is 0.158. The molecule has 2 aromatic carbocycles. The first-order valence-corrected chi connectivity index (χ1v) is 11.9. The van der Waals surface area contributed by atoms with Crippen LogP contribution >= 0.6 is 0 Å². The molecule has 0 saturated heterocycles. The first-order valence-electron chi connectivity index (χ1n) is 8.92. The third kappa shape index (κ3) is 5.18. The largest absolute Gasteiger partial charge is 0.497 e. The molecule has 0 atom stereocenters. The van der Waals surface area contributed by atoms with Gasteiger partial charge in [0.05, 0.1) is 26.2 Å². The third-order valence-electron chi connectivity index (χ3n) is 4.17. The number of sulfonamides is 2. The summed E-state index contributed by atoms with van der Waals surface area (Å²) >= 11 is 0. The Labute approximate surface area is 185 Å². The normalized spacial score (nSPS) is 11.5. The number of methoxy groups -OCH3 is 3. The first-order chi connectivity index (χ1) is 15.2. The van der Waals surface area contributed by atoms with E-state index in [2.05, 4.69) is 19.4 Å². The van der Waals surface area contributed by atoms with Gasteiger partial charge in [0.2, 0.25) is 5.88 Å². The van der Waals surface area contributed by atoms with Crippen molar-refractivity contribution in [2.45, 2.75) is 9.79 Å². The molecule has 11 nitrogen and oxygen atoms in total. The van der Waals surface area contributed by atoms with Gasteiger partial charge in [0, 0.05) is 17.8 Å². The maximum atomic E-state index is 12.8. The van der Waals surface area contributed by atoms with Crippen LogP contribution in [0.1, 0.15) is 0 Å². The zero-order chi connectivity index (χ0) is 23.4. The van der Waals surface area contributed by atoms with E-state index in [1.165, 1.54) is 63.8 Å². The molecule has 0 fully saturated rings. The van der Waals surface area contributed by atoms with Gasteiger partial charge in [-0.25, -0.2) is 26.8 Å². The highest BCUT2D eigenvalue weighted by atomic mass is 32.2. The highest BCUT2D eigenvalue weighted by Gasteiger charge is 2.22. The number of aromatic nitrogens is 2. The summed E-state index contributed by atoms with van der Waals surface area (Å²) in [7, 11) is -3.87. The first kappa shape index (κ1) is 23.1. The number of benzene rings is 2. The number of ether oxygens (including phenoxy) is 3. The molecule has 0 aliphatic heterocycles. The van der Waals surface area contributed by atoms with Crippen LogP contribution in [-0.2, 0) is 20.0 Å². The minimum absolute atomic E-state index is 0.0201. The number of hydrogen-bond acceptors (Lipinski definition) is 9. The second kappa shape index (κ2) is 9.28. The fourth-order valence-electron chi connectivity index (χ4n) is 2.61. The molecule has 0 radical (unpaired) electrons. The molecule has 0 aliphatic carbocycles. The van der Waals surface area contributed by atoms with Crippen molar-refractivity contribution in [3.8, 4) is 17.4 Å². The predicted octanol–water partition coefficient (Wildman–Crippen LogP) is 2.10. The molecule has 0 bridgehead atoms. The van der Waals surface area contributed by atoms with Gasteiger partial charge in [0.1, 0.15) is 28.5 Å². The molecule has 1 heterocycles. The van der Waals surface area contributed by atoms with Crippen molar-refractivity contribution >= 4 is 31.6 Å². The Balaban J connectivity index is 1.82. The van der Waals surface area contributed by atoms with E-state index >= 15 is 0 Å². The van der Waals surface area contributed by atoms with E-state index in [4.69, 9.17) is 14.2 Å². The molecule has 0 spiro atoms. The SMILES string of the molecule is COc1ccc(OC)c(S(=O)(=O)Nc2ccc(S(=O)(=O)Nc3cc(OC)ncn3)cc2)c1. The molecule has 3 rings (SSSR count). The average Bonchev–Trinajstić information content (AvgIpc) is 2.78. The van der Waals surface area contributed by atoms with Crippen LogP contribution in [-0.4, -0.2) is 48.1 Å². The van der Waals surface area contributed by atoms with Gasteiger partial charge in [0.25, 0.3) is 20.0 Å². The summed E-state index contributed by atoms with van der Waals surface area (Å²) < 4.78 is 70.7. The Morgan fingerprint density at radius 2 is 1.47 bits per heavy atom. The molecule has 0 aliphatic rings. The molecule has 0 saturated carbocycles. The van der Waals surface area contributed by atoms with Gasteiger partial charge in [-0.05, 0) is 36.4 Å². The van der Waals surface area contributed by atoms with Crippen molar-refractivity contribution in [2.24, 2.45) is 0 Å². The monoisotopic (exact) mass is 480 g/mol. The zero-order valence-corrected chi connectivity index (χ0v) is 18.9. The standard InChI is InChI=1S/C19H20N4O7S2/c1-28-14-6-9-16(29-2)17(10-14)32(26,27)22-13-4-7-15(8-5-13)31(24,25)23-18-11-19(30-3)21-12-20-18/h4-12,22H,1-3H3,(H,20,21,23). The van der Waals surface area contributed by atoms with Crippen molar-refractivity contribution in [2.75, 3.05) is 30.8 Å². The summed E-state index contributed by atoms with van der Waals surface area (Å²) in [5.74, 6) is 0.671. The summed E-state index contributed by atoms with van der Waals surface area (Å²) in [6.07, 6.45) is 1.15. The Morgan fingerprint density at radius 1 is 0.750 bits per heavy atom. The van der Waals surface area contributed by atoms with Crippen LogP contribution < -0.4 is 23.7 Å². The van der Waals surface area contributed by atoms with Crippen LogP contribution in [0.4, 0.5) is 11.5 Å². The van der Waals surface area contributed by atoms with E-state index < -0.39 is 20.0 Å². The lowest BCUT2D eigenvalue weighted by atomic mass is 10.3. The number of hydrogen-bond donors (Lipinski definition) is 2. The van der Waals surface area contributed by atoms with Crippen LogP contribution in [0, 0.1) is 0 Å². The van der Waals surface area contributed by atoms with E-state index in [1.807, 2.05) is 0 Å². The van der Waals surface area contributed by atoms with Gasteiger partial charge in [-0.2, -0.15) is 0 Å². The van der Waals surface area contributed by atoms with Gasteiger partial charge in [0.15, 0.2) is 0 Å². The summed E-state index contributed by atoms with van der Waals surface area (Å²) in [5.41, 5.74) is 0.150. The fourth-order valence-corrected chi connectivity index (χ4v) is 4.85. The Bertz CT molecular complexity index is 1310. The van der Waals surface area contributed by atoms with Gasteiger partial charge >= 0.3 is 0 Å². The Hall–Kier alpha value is -3.58. The van der Waals surface area contributed by atoms with E-state index in [1.54, 1.807) is 6.07 Å². The van der Waals surface area contributed by atoms with E-state index in [-0.39, 0.29) is 32.9 Å². The van der Waals surface area contributed by atoms with Crippen LogP contribution in [0.3, 0.4) is 0 Å². The van der Waals surface area contributed by atoms with Gasteiger partial charge in [-0.1, -0.05) is 0 Å². The smallest absolute Gasteiger partial charge is 0.265 e. The maximum absolute atomic E-state index is 12.8. The predicted molar refractivity (Wildman–Crippen MR) is 116 cm³/mol. The highest BCUT2D eigenvalue weighted by Crippen LogP contribution is 2.30. The summed E-state index contributed by atoms with van der Waals surface area (Å²) in [4.78, 5) is 7.41. The molecule has 32 heavy (non-hydrogen) atoms. The van der Waals surface area contributed by atoms with Crippen molar-refractivity contribution in [3.05, 3.63) is 54.9 Å². The highest BCUT2D eigenvalue weighted by molar-refractivity contribution is 7.93. The van der Waals surface area contributed by atoms with Gasteiger partial charge in [-0.15, -0.1) is 0 Å². The minimum atomic E-state index is -4.04. The number of nitrogens with zero attached hydrogens (tertiary/aromatic N) is 2. The van der Waals surface area contributed by atoms with E-state index in [0.717, 1.165) is 6.33 Å². The van der Waals surface area contributed by atoms with Crippen molar-refractivity contribution in [1.29, 1.82) is 0 Å². The van der Waals surface area contributed by atoms with Crippen LogP contribution in [0.25, 0.3) is 0 Å². The molecule has 0 amide bonds. The maximum Gasteiger partial charge on any atom is 0.265 e. The number of nitrogens with one attached hydrogen (secondary N) is 2. The molecule has 170 valence electrons. The third-order valence-corrected chi connectivity index (χ3v) is 6.94. The van der Waals surface area contributed by atoms with E-state index in [0.29, 0.717) is 5.75 Å². The van der Waals surface area contributed by atoms with E-state index in [9.17, 15) is 16.8 Å². The molecular formula is C19H20N4O7S2. The zero-order valence-electron chi connectivity index (χ0n) is 17.3. The summed E-state index contributed by atoms with van der Waals surface area (Å²) in [6, 6.07) is 10.8. The number of anilines is 2. The molecule has 0 unspecified atom stereocenters. The molecule has 1 aromatic heterocycles. The average molecular weight is 481 g/mol. The lowest BCUT2D eigenvalue weighted by Gasteiger charge is -2.13. The van der Waals surface area contributed by atoms with Crippen molar-refractivity contribution in [1.82, 2.24) is 9.97 Å². The topological polar surface area (TPSA) is 146 Å². The molecular weight excluding hydrogens is 460 g/mol. The van der Waals surface area contributed by atoms with Gasteiger partial charge in [-0.3, -0.25) is 9.44 Å². The molecule has 13 heteroatoms. The van der Waals surface area contributed by atoms with Gasteiger partial charge < -0.3 is 14.2 Å². The summed E-state index contributed by atoms with van der Waals surface area (Å²) in [6.45, 7) is 0. The van der Waals surface area contributed by atoms with Crippen LogP contribution in [0.5, 0.6) is 17.4 Å². The Morgan fingerprint density at radius 3 is 2.09 bits per heavy atom.